The molecule has 0 nitrogen and oxygen atoms in total. The van der Waals surface area contributed by atoms with E-state index in [1.807, 2.05) is 19.1 Å². The second kappa shape index (κ2) is 4.36. The first kappa shape index (κ1) is 9.40. The Morgan fingerprint density at radius 1 is 1.25 bits per heavy atom. The summed E-state index contributed by atoms with van der Waals surface area (Å²) in [5, 5.41) is 0. The average Bonchev–Trinajstić information content (AvgIpc) is 2.06. The van der Waals surface area contributed by atoms with Crippen molar-refractivity contribution >= 4 is 12.6 Å². The number of benzene rings is 1. The largest absolute Gasteiger partial charge is 0.143 e. The zero-order chi connectivity index (χ0) is 8.97. The molecule has 12 heavy (non-hydrogen) atoms. The highest BCUT2D eigenvalue weighted by molar-refractivity contribution is 7.80. The minimum atomic E-state index is 0.504. The fraction of sp³-hybridized carbons (Fsp3) is 0.273. The van der Waals surface area contributed by atoms with E-state index in [-0.39, 0.29) is 0 Å². The van der Waals surface area contributed by atoms with Crippen LogP contribution >= 0.6 is 12.6 Å². The van der Waals surface area contributed by atoms with Crippen molar-refractivity contribution < 1.29 is 0 Å². The summed E-state index contributed by atoms with van der Waals surface area (Å²) < 4.78 is 0. The third-order valence-electron chi connectivity index (χ3n) is 1.90. The first-order chi connectivity index (χ1) is 5.74. The molecule has 0 bridgehead atoms. The molecule has 0 radical (unpaired) electrons. The van der Waals surface area contributed by atoms with Crippen molar-refractivity contribution in [2.75, 3.05) is 0 Å². The monoisotopic (exact) mass is 178 g/mol. The maximum atomic E-state index is 4.23. The number of thiol groups is 1. The lowest BCUT2D eigenvalue weighted by Gasteiger charge is -2.05. The molecule has 0 spiro atoms. The summed E-state index contributed by atoms with van der Waals surface area (Å²) in [7, 11) is 0. The number of allylic oxidation sites excluding steroid dienone is 2. The molecule has 0 saturated heterocycles. The minimum absolute atomic E-state index is 0.504. The van der Waals surface area contributed by atoms with E-state index >= 15 is 0 Å². The van der Waals surface area contributed by atoms with E-state index < -0.39 is 0 Å². The number of hydrogen-bond acceptors (Lipinski definition) is 1. The van der Waals surface area contributed by atoms with Crippen molar-refractivity contribution in [1.29, 1.82) is 0 Å². The molecule has 1 heteroatoms. The van der Waals surface area contributed by atoms with E-state index in [0.29, 0.717) is 5.92 Å². The molecule has 0 aliphatic carbocycles. The van der Waals surface area contributed by atoms with Crippen LogP contribution in [0.1, 0.15) is 25.3 Å². The summed E-state index contributed by atoms with van der Waals surface area (Å²) >= 11 is 4.23. The van der Waals surface area contributed by atoms with Crippen molar-refractivity contribution in [3.8, 4) is 0 Å². The Kier molecular flexibility index (Phi) is 3.42. The topological polar surface area (TPSA) is 0 Å². The maximum absolute atomic E-state index is 4.23. The molecule has 1 aromatic rings. The fourth-order valence-electron chi connectivity index (χ4n) is 1.18. The number of rotatable bonds is 2. The van der Waals surface area contributed by atoms with Gasteiger partial charge in [-0.2, -0.15) is 0 Å². The van der Waals surface area contributed by atoms with Crippen LogP contribution in [0.15, 0.2) is 41.3 Å². The van der Waals surface area contributed by atoms with E-state index in [0.717, 1.165) is 4.90 Å². The Labute approximate surface area is 79.7 Å². The Morgan fingerprint density at radius 2 is 1.83 bits per heavy atom. The zero-order valence-corrected chi connectivity index (χ0v) is 8.38. The molecule has 0 N–H and O–H groups in total. The van der Waals surface area contributed by atoms with Crippen LogP contribution in [0, 0.1) is 0 Å². The van der Waals surface area contributed by atoms with Crippen molar-refractivity contribution in [1.82, 2.24) is 0 Å². The maximum Gasteiger partial charge on any atom is 0.00401 e. The molecule has 1 aromatic carbocycles. The van der Waals surface area contributed by atoms with E-state index in [1.165, 1.54) is 5.56 Å². The highest BCUT2D eigenvalue weighted by Crippen LogP contribution is 2.18. The SMILES string of the molecule is C/C=C\C(C)c1ccc(S)cc1. The molecule has 0 amide bonds. The summed E-state index contributed by atoms with van der Waals surface area (Å²) in [6.45, 7) is 4.23. The van der Waals surface area contributed by atoms with Crippen molar-refractivity contribution in [2.24, 2.45) is 0 Å². The highest BCUT2D eigenvalue weighted by Gasteiger charge is 1.98. The van der Waals surface area contributed by atoms with Crippen LogP contribution < -0.4 is 0 Å². The minimum Gasteiger partial charge on any atom is -0.143 e. The number of hydrogen-bond donors (Lipinski definition) is 1. The second-order valence-electron chi connectivity index (χ2n) is 2.91. The molecule has 0 heterocycles. The summed E-state index contributed by atoms with van der Waals surface area (Å²) in [5.41, 5.74) is 1.34. The van der Waals surface area contributed by atoms with Crippen LogP contribution in [0.3, 0.4) is 0 Å². The van der Waals surface area contributed by atoms with Gasteiger partial charge >= 0.3 is 0 Å². The van der Waals surface area contributed by atoms with Crippen LogP contribution in [0.25, 0.3) is 0 Å². The van der Waals surface area contributed by atoms with Gasteiger partial charge in [0.05, 0.1) is 0 Å². The van der Waals surface area contributed by atoms with Crippen LogP contribution in [-0.4, -0.2) is 0 Å². The van der Waals surface area contributed by atoms with Gasteiger partial charge in [-0.3, -0.25) is 0 Å². The second-order valence-corrected chi connectivity index (χ2v) is 3.42. The summed E-state index contributed by atoms with van der Waals surface area (Å²) in [4.78, 5) is 1.02. The first-order valence-corrected chi connectivity index (χ1v) is 4.60. The lowest BCUT2D eigenvalue weighted by Crippen LogP contribution is -1.87. The third kappa shape index (κ3) is 2.42. The molecular weight excluding hydrogens is 164 g/mol. The Hall–Kier alpha value is -0.690. The van der Waals surface area contributed by atoms with E-state index in [2.05, 4.69) is 43.8 Å². The van der Waals surface area contributed by atoms with Gasteiger partial charge in [0.1, 0.15) is 0 Å². The molecule has 1 atom stereocenters. The van der Waals surface area contributed by atoms with Crippen LogP contribution in [0.2, 0.25) is 0 Å². The molecule has 1 rings (SSSR count). The fourth-order valence-corrected chi connectivity index (χ4v) is 1.33. The van der Waals surface area contributed by atoms with Crippen LogP contribution in [0.5, 0.6) is 0 Å². The molecular formula is C11H14S. The predicted molar refractivity (Wildman–Crippen MR) is 56.9 cm³/mol. The quantitative estimate of drug-likeness (QED) is 0.518. The van der Waals surface area contributed by atoms with E-state index in [1.54, 1.807) is 0 Å². The smallest absolute Gasteiger partial charge is 0.00401 e. The van der Waals surface area contributed by atoms with Crippen molar-refractivity contribution in [3.05, 3.63) is 42.0 Å². The molecule has 0 aliphatic heterocycles. The van der Waals surface area contributed by atoms with Crippen molar-refractivity contribution in [2.45, 2.75) is 24.7 Å². The molecule has 0 aromatic heterocycles. The van der Waals surface area contributed by atoms with Gasteiger partial charge in [-0.25, -0.2) is 0 Å². The first-order valence-electron chi connectivity index (χ1n) is 4.16. The molecule has 0 saturated carbocycles. The van der Waals surface area contributed by atoms with Gasteiger partial charge in [0, 0.05) is 4.90 Å². The van der Waals surface area contributed by atoms with Gasteiger partial charge in [-0.15, -0.1) is 12.6 Å². The normalized spacial score (nSPS) is 13.6. The van der Waals surface area contributed by atoms with Gasteiger partial charge in [-0.05, 0) is 30.5 Å². The molecule has 0 fully saturated rings. The van der Waals surface area contributed by atoms with Gasteiger partial charge in [0.25, 0.3) is 0 Å². The van der Waals surface area contributed by atoms with Crippen LogP contribution in [0.4, 0.5) is 0 Å². The van der Waals surface area contributed by atoms with Crippen molar-refractivity contribution in [3.63, 3.8) is 0 Å². The van der Waals surface area contributed by atoms with Crippen LogP contribution in [-0.2, 0) is 0 Å². The summed E-state index contributed by atoms with van der Waals surface area (Å²) in [6, 6.07) is 8.29. The van der Waals surface area contributed by atoms with E-state index in [9.17, 15) is 0 Å². The average molecular weight is 178 g/mol. The Morgan fingerprint density at radius 3 is 2.33 bits per heavy atom. The van der Waals surface area contributed by atoms with E-state index in [4.69, 9.17) is 0 Å². The predicted octanol–water partition coefficient (Wildman–Crippen LogP) is 3.65. The lowest BCUT2D eigenvalue weighted by molar-refractivity contribution is 0.962. The summed E-state index contributed by atoms with van der Waals surface area (Å²) in [6.07, 6.45) is 4.27. The zero-order valence-electron chi connectivity index (χ0n) is 7.49. The lowest BCUT2D eigenvalue weighted by atomic mass is 10.0. The third-order valence-corrected chi connectivity index (χ3v) is 2.20. The molecule has 1 unspecified atom stereocenters. The molecule has 64 valence electrons. The highest BCUT2D eigenvalue weighted by atomic mass is 32.1. The molecule has 0 aliphatic rings. The standard InChI is InChI=1S/C11H14S/c1-3-4-9(2)10-5-7-11(12)8-6-10/h3-9,12H,1-2H3/b4-3-. The Balaban J connectivity index is 2.82. The Bertz CT molecular complexity index is 259. The van der Waals surface area contributed by atoms with Gasteiger partial charge in [-0.1, -0.05) is 31.2 Å². The van der Waals surface area contributed by atoms with Gasteiger partial charge in [0.15, 0.2) is 0 Å². The summed E-state index contributed by atoms with van der Waals surface area (Å²) in [5.74, 6) is 0.504. The van der Waals surface area contributed by atoms with Gasteiger partial charge < -0.3 is 0 Å². The van der Waals surface area contributed by atoms with Gasteiger partial charge in [0.2, 0.25) is 0 Å².